The predicted molar refractivity (Wildman–Crippen MR) is 95.6 cm³/mol. The highest BCUT2D eigenvalue weighted by Gasteiger charge is 2.48. The smallest absolute Gasteiger partial charge is 0.257 e. The van der Waals surface area contributed by atoms with Crippen molar-refractivity contribution in [2.45, 2.75) is 51.2 Å². The molecule has 5 nitrogen and oxygen atoms in total. The number of piperidine rings is 1. The molecule has 1 saturated carbocycles. The van der Waals surface area contributed by atoms with Crippen LogP contribution in [0.5, 0.6) is 5.75 Å². The van der Waals surface area contributed by atoms with Crippen LogP contribution < -0.4 is 4.74 Å². The molecule has 1 aromatic heterocycles. The number of amides is 1. The Morgan fingerprint density at radius 1 is 1.31 bits per heavy atom. The monoisotopic (exact) mass is 357 g/mol. The van der Waals surface area contributed by atoms with E-state index in [-0.39, 0.29) is 29.8 Å². The molecule has 1 saturated heterocycles. The number of ether oxygens (including phenoxy) is 1. The highest BCUT2D eigenvalue weighted by molar-refractivity contribution is 5.94. The first-order valence-electron chi connectivity index (χ1n) is 9.28. The summed E-state index contributed by atoms with van der Waals surface area (Å²) in [6, 6.07) is 6.61. The third-order valence-corrected chi connectivity index (χ3v) is 5.59. The van der Waals surface area contributed by atoms with Gasteiger partial charge in [0, 0.05) is 18.3 Å². The summed E-state index contributed by atoms with van der Waals surface area (Å²) in [6.07, 6.45) is 6.73. The Hall–Kier alpha value is -2.37. The molecule has 2 bridgehead atoms. The maximum atomic E-state index is 13.1. The van der Waals surface area contributed by atoms with Crippen LogP contribution in [0.1, 0.15) is 49.5 Å². The minimum atomic E-state index is -0.281. The summed E-state index contributed by atoms with van der Waals surface area (Å²) in [4.78, 5) is 15.1. The third kappa shape index (κ3) is 3.08. The van der Waals surface area contributed by atoms with E-state index in [9.17, 15) is 9.18 Å². The number of hydrogen-bond donors (Lipinski definition) is 0. The van der Waals surface area contributed by atoms with E-state index in [2.05, 4.69) is 5.10 Å². The molecule has 0 spiro atoms. The number of carbonyl (C=O) groups excluding carboxylic acids is 1. The number of fused-ring (bicyclic) bond motifs is 2. The fourth-order valence-corrected chi connectivity index (χ4v) is 4.22. The molecular weight excluding hydrogens is 333 g/mol. The van der Waals surface area contributed by atoms with Gasteiger partial charge in [-0.25, -0.2) is 4.39 Å². The van der Waals surface area contributed by atoms with Crippen molar-refractivity contribution >= 4 is 5.91 Å². The van der Waals surface area contributed by atoms with Crippen LogP contribution in [0.2, 0.25) is 0 Å². The Morgan fingerprint density at radius 2 is 2.08 bits per heavy atom. The van der Waals surface area contributed by atoms with Gasteiger partial charge in [0.1, 0.15) is 18.2 Å². The molecule has 1 aliphatic carbocycles. The number of hydrogen-bond acceptors (Lipinski definition) is 3. The van der Waals surface area contributed by atoms with Crippen LogP contribution in [-0.2, 0) is 0 Å². The second kappa shape index (κ2) is 6.74. The van der Waals surface area contributed by atoms with Gasteiger partial charge in [-0.1, -0.05) is 0 Å². The summed E-state index contributed by atoms with van der Waals surface area (Å²) in [7, 11) is 0. The van der Waals surface area contributed by atoms with E-state index < -0.39 is 0 Å². The molecule has 2 fully saturated rings. The number of benzene rings is 1. The fraction of sp³-hybridized carbons (Fsp3) is 0.500. The van der Waals surface area contributed by atoms with E-state index in [1.54, 1.807) is 18.3 Å². The van der Waals surface area contributed by atoms with Gasteiger partial charge in [0.2, 0.25) is 0 Å². The Labute approximate surface area is 152 Å². The first kappa shape index (κ1) is 17.1. The lowest BCUT2D eigenvalue weighted by Gasteiger charge is -2.35. The van der Waals surface area contributed by atoms with Crippen LogP contribution in [0.25, 0.3) is 0 Å². The fourth-order valence-electron chi connectivity index (χ4n) is 4.22. The molecule has 2 aliphatic rings. The summed E-state index contributed by atoms with van der Waals surface area (Å²) in [6.45, 7) is 4.52. The summed E-state index contributed by atoms with van der Waals surface area (Å²) in [5.41, 5.74) is 0.637. The Morgan fingerprint density at radius 3 is 2.77 bits per heavy atom. The van der Waals surface area contributed by atoms with Gasteiger partial charge in [-0.2, -0.15) is 5.10 Å². The number of aromatic nitrogens is 2. The van der Waals surface area contributed by atoms with Crippen molar-refractivity contribution in [2.24, 2.45) is 5.92 Å². The molecule has 0 N–H and O–H groups in total. The van der Waals surface area contributed by atoms with Gasteiger partial charge >= 0.3 is 0 Å². The number of halogens is 1. The highest BCUT2D eigenvalue weighted by Crippen LogP contribution is 2.43. The lowest BCUT2D eigenvalue weighted by Crippen LogP contribution is -2.47. The first-order valence-corrected chi connectivity index (χ1v) is 9.28. The Kier molecular flexibility index (Phi) is 4.42. The zero-order chi connectivity index (χ0) is 18.3. The second-order valence-corrected chi connectivity index (χ2v) is 7.57. The first-order chi connectivity index (χ1) is 12.5. The second-order valence-electron chi connectivity index (χ2n) is 7.57. The lowest BCUT2D eigenvalue weighted by atomic mass is 9.99. The molecule has 138 valence electrons. The van der Waals surface area contributed by atoms with E-state index in [1.165, 1.54) is 12.1 Å². The minimum Gasteiger partial charge on any atom is -0.491 e. The highest BCUT2D eigenvalue weighted by atomic mass is 19.1. The standard InChI is InChI=1S/C20H24FN3O2/c1-13(2)23-11-15(10-22-23)20(25)24-17-6-3-14(9-17)19(24)12-26-18-7-4-16(21)5-8-18/h4-5,7-8,10-11,13-14,17,19H,3,6,9,12H2,1-2H3/t14?,17?,19-/m1/s1. The molecule has 4 rings (SSSR count). The van der Waals surface area contributed by atoms with Crippen molar-refractivity contribution < 1.29 is 13.9 Å². The topological polar surface area (TPSA) is 47.4 Å². The zero-order valence-corrected chi connectivity index (χ0v) is 15.1. The van der Waals surface area contributed by atoms with E-state index in [0.717, 1.165) is 19.3 Å². The summed E-state index contributed by atoms with van der Waals surface area (Å²) in [5, 5.41) is 4.30. The van der Waals surface area contributed by atoms with Gasteiger partial charge in [-0.15, -0.1) is 0 Å². The number of nitrogens with zero attached hydrogens (tertiary/aromatic N) is 3. The van der Waals surface area contributed by atoms with E-state index in [1.807, 2.05) is 29.6 Å². The number of rotatable bonds is 5. The molecule has 1 amide bonds. The van der Waals surface area contributed by atoms with Gasteiger partial charge < -0.3 is 9.64 Å². The van der Waals surface area contributed by atoms with Crippen molar-refractivity contribution in [3.05, 3.63) is 48.0 Å². The minimum absolute atomic E-state index is 0.0387. The molecule has 1 aromatic carbocycles. The largest absolute Gasteiger partial charge is 0.491 e. The molecule has 3 atom stereocenters. The van der Waals surface area contributed by atoms with Crippen molar-refractivity contribution in [3.63, 3.8) is 0 Å². The molecule has 0 radical (unpaired) electrons. The van der Waals surface area contributed by atoms with Crippen molar-refractivity contribution in [1.82, 2.24) is 14.7 Å². The summed E-state index contributed by atoms with van der Waals surface area (Å²) >= 11 is 0. The number of likely N-dealkylation sites (tertiary alicyclic amines) is 1. The lowest BCUT2D eigenvalue weighted by molar-refractivity contribution is 0.0505. The molecule has 6 heteroatoms. The number of carbonyl (C=O) groups is 1. The van der Waals surface area contributed by atoms with Crippen molar-refractivity contribution in [3.8, 4) is 5.75 Å². The molecule has 2 aromatic rings. The van der Waals surface area contributed by atoms with E-state index >= 15 is 0 Å². The predicted octanol–water partition coefficient (Wildman–Crippen LogP) is 3.68. The van der Waals surface area contributed by atoms with Gasteiger partial charge in [-0.3, -0.25) is 9.48 Å². The van der Waals surface area contributed by atoms with E-state index in [4.69, 9.17) is 4.74 Å². The van der Waals surface area contributed by atoms with Crippen LogP contribution in [0.4, 0.5) is 4.39 Å². The van der Waals surface area contributed by atoms with Gasteiger partial charge in [0.05, 0.1) is 17.8 Å². The SMILES string of the molecule is CC(C)n1cc(C(=O)N2C3CCC(C3)[C@H]2COc2ccc(F)cc2)cn1. The molecule has 2 unspecified atom stereocenters. The van der Waals surface area contributed by atoms with Crippen LogP contribution in [0.15, 0.2) is 36.7 Å². The maximum Gasteiger partial charge on any atom is 0.257 e. The van der Waals surface area contributed by atoms with Gasteiger partial charge in [-0.05, 0) is 63.3 Å². The Bertz CT molecular complexity index is 787. The molecule has 1 aliphatic heterocycles. The van der Waals surface area contributed by atoms with Crippen LogP contribution in [0, 0.1) is 11.7 Å². The summed E-state index contributed by atoms with van der Waals surface area (Å²) in [5.74, 6) is 0.867. The third-order valence-electron chi connectivity index (χ3n) is 5.59. The quantitative estimate of drug-likeness (QED) is 0.820. The van der Waals surface area contributed by atoms with Crippen LogP contribution in [-0.4, -0.2) is 39.3 Å². The molecule has 26 heavy (non-hydrogen) atoms. The molecular formula is C20H24FN3O2. The van der Waals surface area contributed by atoms with Crippen LogP contribution in [0.3, 0.4) is 0 Å². The molecule has 2 heterocycles. The van der Waals surface area contributed by atoms with Gasteiger partial charge in [0.15, 0.2) is 0 Å². The average Bonchev–Trinajstić information content (AvgIpc) is 3.36. The maximum absolute atomic E-state index is 13.1. The average molecular weight is 357 g/mol. The van der Waals surface area contributed by atoms with Crippen molar-refractivity contribution in [2.75, 3.05) is 6.61 Å². The Balaban J connectivity index is 1.49. The van der Waals surface area contributed by atoms with Crippen LogP contribution >= 0.6 is 0 Å². The normalized spacial score (nSPS) is 24.5. The van der Waals surface area contributed by atoms with Gasteiger partial charge in [0.25, 0.3) is 5.91 Å². The zero-order valence-electron chi connectivity index (χ0n) is 15.1. The van der Waals surface area contributed by atoms with E-state index in [0.29, 0.717) is 23.8 Å². The summed E-state index contributed by atoms with van der Waals surface area (Å²) < 4.78 is 20.7. The van der Waals surface area contributed by atoms with Crippen molar-refractivity contribution in [1.29, 1.82) is 0 Å².